The fraction of sp³-hybridized carbons (Fsp3) is 0.429. The Labute approximate surface area is 76.8 Å². The van der Waals surface area contributed by atoms with Gasteiger partial charge in [-0.15, -0.1) is 0 Å². The molecule has 7 heteroatoms. The zero-order chi connectivity index (χ0) is 10.8. The van der Waals surface area contributed by atoms with Crippen LogP contribution in [0, 0.1) is 0 Å². The molecule has 76 valence electrons. The molecule has 0 bridgehead atoms. The SMILES string of the molecule is CC(N=C=O)c1cn[nH]c1C(F)(F)F. The lowest BCUT2D eigenvalue weighted by molar-refractivity contribution is -0.141. The number of rotatable bonds is 2. The highest BCUT2D eigenvalue weighted by Gasteiger charge is 2.36. The minimum Gasteiger partial charge on any atom is -0.273 e. The van der Waals surface area contributed by atoms with Crippen LogP contribution in [0.2, 0.25) is 0 Å². The van der Waals surface area contributed by atoms with Gasteiger partial charge in [0.2, 0.25) is 6.08 Å². The molecule has 0 aliphatic heterocycles. The van der Waals surface area contributed by atoms with Gasteiger partial charge in [-0.1, -0.05) is 0 Å². The van der Waals surface area contributed by atoms with Crippen molar-refractivity contribution in [3.8, 4) is 0 Å². The Hall–Kier alpha value is -1.62. The second-order valence-electron chi connectivity index (χ2n) is 2.59. The van der Waals surface area contributed by atoms with Crippen LogP contribution >= 0.6 is 0 Å². The average molecular weight is 205 g/mol. The summed E-state index contributed by atoms with van der Waals surface area (Å²) in [7, 11) is 0. The van der Waals surface area contributed by atoms with E-state index in [2.05, 4.69) is 10.1 Å². The van der Waals surface area contributed by atoms with E-state index in [1.807, 2.05) is 5.10 Å². The lowest BCUT2D eigenvalue weighted by Gasteiger charge is -2.08. The Balaban J connectivity index is 3.10. The van der Waals surface area contributed by atoms with Crippen molar-refractivity contribution in [3.05, 3.63) is 17.5 Å². The smallest absolute Gasteiger partial charge is 0.273 e. The van der Waals surface area contributed by atoms with Gasteiger partial charge in [-0.05, 0) is 6.92 Å². The van der Waals surface area contributed by atoms with E-state index < -0.39 is 17.9 Å². The number of nitrogens with one attached hydrogen (secondary N) is 1. The number of nitrogens with zero attached hydrogens (tertiary/aromatic N) is 2. The minimum atomic E-state index is -4.52. The molecule has 1 N–H and O–H groups in total. The molecule has 0 fully saturated rings. The fourth-order valence-electron chi connectivity index (χ4n) is 0.988. The molecule has 4 nitrogen and oxygen atoms in total. The Bertz CT molecular complexity index is 365. The maximum atomic E-state index is 12.3. The van der Waals surface area contributed by atoms with Crippen LogP contribution < -0.4 is 0 Å². The first-order valence-electron chi connectivity index (χ1n) is 3.64. The van der Waals surface area contributed by atoms with E-state index in [0.29, 0.717) is 0 Å². The molecule has 0 aliphatic carbocycles. The van der Waals surface area contributed by atoms with Gasteiger partial charge in [-0.25, -0.2) is 4.79 Å². The summed E-state index contributed by atoms with van der Waals surface area (Å²) < 4.78 is 36.8. The molecule has 1 unspecified atom stereocenters. The molecule has 14 heavy (non-hydrogen) atoms. The highest BCUT2D eigenvalue weighted by Crippen LogP contribution is 2.33. The minimum absolute atomic E-state index is 0.166. The van der Waals surface area contributed by atoms with Gasteiger partial charge >= 0.3 is 6.18 Å². The number of aliphatic imine (C=N–C) groups is 1. The summed E-state index contributed by atoms with van der Waals surface area (Å²) >= 11 is 0. The topological polar surface area (TPSA) is 58.1 Å². The highest BCUT2D eigenvalue weighted by molar-refractivity contribution is 5.36. The van der Waals surface area contributed by atoms with Crippen LogP contribution in [0.5, 0.6) is 0 Å². The van der Waals surface area contributed by atoms with Gasteiger partial charge in [0.05, 0.1) is 12.2 Å². The molecule has 1 aromatic rings. The first-order valence-corrected chi connectivity index (χ1v) is 3.64. The van der Waals surface area contributed by atoms with Gasteiger partial charge in [0.1, 0.15) is 5.69 Å². The van der Waals surface area contributed by atoms with E-state index in [4.69, 9.17) is 0 Å². The van der Waals surface area contributed by atoms with Gasteiger partial charge in [-0.2, -0.15) is 23.3 Å². The van der Waals surface area contributed by atoms with E-state index in [1.54, 1.807) is 0 Å². The highest BCUT2D eigenvalue weighted by atomic mass is 19.4. The van der Waals surface area contributed by atoms with Gasteiger partial charge < -0.3 is 0 Å². The van der Waals surface area contributed by atoms with Crippen LogP contribution in [0.3, 0.4) is 0 Å². The van der Waals surface area contributed by atoms with Gasteiger partial charge in [0.15, 0.2) is 0 Å². The molecule has 1 aromatic heterocycles. The summed E-state index contributed by atoms with van der Waals surface area (Å²) in [6, 6.07) is -0.900. The summed E-state index contributed by atoms with van der Waals surface area (Å²) in [4.78, 5) is 13.0. The number of aromatic amines is 1. The number of carbonyl (C=O) groups excluding carboxylic acids is 1. The van der Waals surface area contributed by atoms with Crippen molar-refractivity contribution in [2.24, 2.45) is 4.99 Å². The first-order chi connectivity index (χ1) is 6.46. The van der Waals surface area contributed by atoms with E-state index in [1.165, 1.54) is 13.0 Å². The Morgan fingerprint density at radius 3 is 2.79 bits per heavy atom. The number of isocyanates is 1. The zero-order valence-corrected chi connectivity index (χ0v) is 7.09. The van der Waals surface area contributed by atoms with Crippen molar-refractivity contribution in [3.63, 3.8) is 0 Å². The summed E-state index contributed by atoms with van der Waals surface area (Å²) in [6.07, 6.45) is -2.32. The average Bonchev–Trinajstić information content (AvgIpc) is 2.50. The van der Waals surface area contributed by atoms with Crippen molar-refractivity contribution < 1.29 is 18.0 Å². The molecule has 0 amide bonds. The molecular weight excluding hydrogens is 199 g/mol. The second-order valence-corrected chi connectivity index (χ2v) is 2.59. The molecule has 1 atom stereocenters. The van der Waals surface area contributed by atoms with Crippen molar-refractivity contribution in [1.82, 2.24) is 10.2 Å². The van der Waals surface area contributed by atoms with Crippen LogP contribution in [0.15, 0.2) is 11.2 Å². The number of halogens is 3. The van der Waals surface area contributed by atoms with E-state index >= 15 is 0 Å². The molecular formula is C7H6F3N3O. The van der Waals surface area contributed by atoms with Crippen LogP contribution in [-0.2, 0) is 11.0 Å². The van der Waals surface area contributed by atoms with E-state index in [9.17, 15) is 18.0 Å². The van der Waals surface area contributed by atoms with E-state index in [0.717, 1.165) is 6.20 Å². The van der Waals surface area contributed by atoms with Crippen molar-refractivity contribution in [2.75, 3.05) is 0 Å². The standard InChI is InChI=1S/C7H6F3N3O/c1-4(11-3-14)5-2-12-13-6(5)7(8,9)10/h2,4H,1H3,(H,12,13). The van der Waals surface area contributed by atoms with E-state index in [-0.39, 0.29) is 5.56 Å². The zero-order valence-electron chi connectivity index (χ0n) is 7.09. The molecule has 0 spiro atoms. The van der Waals surface area contributed by atoms with Gasteiger partial charge in [0, 0.05) is 5.56 Å². The summed E-state index contributed by atoms with van der Waals surface area (Å²) in [5, 5.41) is 5.08. The van der Waals surface area contributed by atoms with Gasteiger partial charge in [0.25, 0.3) is 0 Å². The maximum absolute atomic E-state index is 12.3. The Morgan fingerprint density at radius 1 is 1.64 bits per heavy atom. The third kappa shape index (κ3) is 2.00. The molecule has 0 aromatic carbocycles. The number of aromatic nitrogens is 2. The predicted octanol–water partition coefficient (Wildman–Crippen LogP) is 1.83. The molecule has 0 aliphatic rings. The van der Waals surface area contributed by atoms with Gasteiger partial charge in [-0.3, -0.25) is 5.10 Å². The number of hydrogen-bond acceptors (Lipinski definition) is 3. The summed E-state index contributed by atoms with van der Waals surface area (Å²) in [6.45, 7) is 1.35. The molecule has 1 heterocycles. The number of alkyl halides is 3. The molecule has 0 radical (unpaired) electrons. The van der Waals surface area contributed by atoms with Crippen LogP contribution in [0.25, 0.3) is 0 Å². The lowest BCUT2D eigenvalue weighted by Crippen LogP contribution is -2.09. The molecule has 1 rings (SSSR count). The Kier molecular flexibility index (Phi) is 2.71. The lowest BCUT2D eigenvalue weighted by atomic mass is 10.1. The Morgan fingerprint density at radius 2 is 2.29 bits per heavy atom. The number of H-pyrrole nitrogens is 1. The van der Waals surface area contributed by atoms with Crippen LogP contribution in [0.1, 0.15) is 24.2 Å². The predicted molar refractivity (Wildman–Crippen MR) is 40.1 cm³/mol. The third-order valence-corrected chi connectivity index (χ3v) is 1.65. The normalized spacial score (nSPS) is 13.4. The first kappa shape index (κ1) is 10.5. The second kappa shape index (κ2) is 3.63. The summed E-state index contributed by atoms with van der Waals surface area (Å²) in [5.41, 5.74) is -1.15. The fourth-order valence-corrected chi connectivity index (χ4v) is 0.988. The summed E-state index contributed by atoms with van der Waals surface area (Å²) in [5.74, 6) is 0. The monoisotopic (exact) mass is 205 g/mol. The largest absolute Gasteiger partial charge is 0.433 e. The van der Waals surface area contributed by atoms with Crippen molar-refractivity contribution in [1.29, 1.82) is 0 Å². The van der Waals surface area contributed by atoms with Crippen molar-refractivity contribution >= 4 is 6.08 Å². The third-order valence-electron chi connectivity index (χ3n) is 1.65. The van der Waals surface area contributed by atoms with Crippen LogP contribution in [-0.4, -0.2) is 16.3 Å². The molecule has 0 saturated heterocycles. The number of hydrogen-bond donors (Lipinski definition) is 1. The maximum Gasteiger partial charge on any atom is 0.433 e. The van der Waals surface area contributed by atoms with Crippen molar-refractivity contribution in [2.45, 2.75) is 19.1 Å². The molecule has 0 saturated carbocycles. The quantitative estimate of drug-likeness (QED) is 0.591. The van der Waals surface area contributed by atoms with Crippen LogP contribution in [0.4, 0.5) is 13.2 Å².